The first-order valence-electron chi connectivity index (χ1n) is 12.5. The maximum absolute atomic E-state index is 15.1. The summed E-state index contributed by atoms with van der Waals surface area (Å²) < 4.78 is 56.8. The van der Waals surface area contributed by atoms with Crippen molar-refractivity contribution in [3.63, 3.8) is 0 Å². The predicted molar refractivity (Wildman–Crippen MR) is 140 cm³/mol. The van der Waals surface area contributed by atoms with Crippen LogP contribution in [0.15, 0.2) is 41.3 Å². The molecule has 0 fully saturated rings. The van der Waals surface area contributed by atoms with Crippen molar-refractivity contribution < 1.29 is 17.6 Å². The summed E-state index contributed by atoms with van der Waals surface area (Å²) in [6.45, 7) is 6.32. The van der Waals surface area contributed by atoms with Crippen molar-refractivity contribution >= 4 is 22.7 Å². The van der Waals surface area contributed by atoms with Gasteiger partial charge in [0.2, 0.25) is 5.95 Å². The maximum Gasteiger partial charge on any atom is 0.408 e. The quantitative estimate of drug-likeness (QED) is 0.347. The fraction of sp³-hybridized carbons (Fsp3) is 0.370. The summed E-state index contributed by atoms with van der Waals surface area (Å²) in [6, 6.07) is 10.0. The summed E-state index contributed by atoms with van der Waals surface area (Å²) in [5, 5.41) is 15.8. The summed E-state index contributed by atoms with van der Waals surface area (Å²) in [6.07, 6.45) is -2.91. The van der Waals surface area contributed by atoms with Crippen LogP contribution < -0.4 is 16.2 Å². The number of fused-ring (bicyclic) bond motifs is 2. The normalized spacial score (nSPS) is 15.1. The molecule has 0 spiro atoms. The van der Waals surface area contributed by atoms with Gasteiger partial charge in [-0.25, -0.2) is 23.7 Å². The highest BCUT2D eigenvalue weighted by Gasteiger charge is 2.33. The van der Waals surface area contributed by atoms with Crippen molar-refractivity contribution in [1.29, 1.82) is 5.26 Å². The molecule has 40 heavy (non-hydrogen) atoms. The molecule has 1 aromatic carbocycles. The van der Waals surface area contributed by atoms with Gasteiger partial charge < -0.3 is 10.6 Å². The second-order valence-corrected chi connectivity index (χ2v) is 10.8. The minimum atomic E-state index is -4.81. The second-order valence-electron chi connectivity index (χ2n) is 10.8. The van der Waals surface area contributed by atoms with E-state index in [0.29, 0.717) is 15.1 Å². The average molecular weight is 555 g/mol. The van der Waals surface area contributed by atoms with Gasteiger partial charge in [0.25, 0.3) is 5.56 Å². The molecule has 13 heteroatoms. The summed E-state index contributed by atoms with van der Waals surface area (Å²) in [4.78, 5) is 25.7. The highest BCUT2D eigenvalue weighted by atomic mass is 19.4. The zero-order chi connectivity index (χ0) is 29.0. The first kappa shape index (κ1) is 27.3. The molecule has 0 radical (unpaired) electrons. The van der Waals surface area contributed by atoms with Crippen LogP contribution in [0, 0.1) is 17.1 Å². The number of nitrogens with one attached hydrogen (secondary N) is 2. The largest absolute Gasteiger partial charge is 0.408 e. The van der Waals surface area contributed by atoms with E-state index in [1.54, 1.807) is 0 Å². The molecule has 4 heterocycles. The molecule has 5 rings (SSSR count). The SMILES string of the molecule is CC(C)(C#N)c1ccc(F)c(-n2c3nc(Nc4ccc5c(c4)CCNC5(C)C)ncc3c(=O)n2CC(F)(F)F)n1. The molecule has 0 bridgehead atoms. The smallest absolute Gasteiger partial charge is 0.324 e. The Kier molecular flexibility index (Phi) is 6.41. The monoisotopic (exact) mass is 554 g/mol. The Morgan fingerprint density at radius 2 is 1.93 bits per heavy atom. The number of nitriles is 1. The van der Waals surface area contributed by atoms with Crippen molar-refractivity contribution in [3.05, 3.63) is 69.5 Å². The van der Waals surface area contributed by atoms with E-state index >= 15 is 4.39 Å². The van der Waals surface area contributed by atoms with Crippen LogP contribution in [0.2, 0.25) is 0 Å². The molecule has 0 amide bonds. The summed E-state index contributed by atoms with van der Waals surface area (Å²) in [5.41, 5.74) is 0.289. The van der Waals surface area contributed by atoms with Gasteiger partial charge in [-0.2, -0.15) is 23.4 Å². The van der Waals surface area contributed by atoms with Gasteiger partial charge >= 0.3 is 6.18 Å². The first-order valence-corrected chi connectivity index (χ1v) is 12.5. The molecular weight excluding hydrogens is 528 g/mol. The van der Waals surface area contributed by atoms with Crippen LogP contribution in [0.4, 0.5) is 29.2 Å². The Morgan fingerprint density at radius 3 is 2.62 bits per heavy atom. The van der Waals surface area contributed by atoms with Gasteiger partial charge in [0.15, 0.2) is 17.3 Å². The predicted octanol–water partition coefficient (Wildman–Crippen LogP) is 4.60. The number of benzene rings is 1. The molecule has 208 valence electrons. The third-order valence-electron chi connectivity index (χ3n) is 6.95. The number of hydrogen-bond donors (Lipinski definition) is 2. The van der Waals surface area contributed by atoms with E-state index in [1.165, 1.54) is 19.9 Å². The lowest BCUT2D eigenvalue weighted by atomic mass is 9.85. The van der Waals surface area contributed by atoms with E-state index in [-0.39, 0.29) is 28.2 Å². The molecule has 2 N–H and O–H groups in total. The summed E-state index contributed by atoms with van der Waals surface area (Å²) in [7, 11) is 0. The summed E-state index contributed by atoms with van der Waals surface area (Å²) in [5.74, 6) is -1.60. The Balaban J connectivity index is 1.67. The van der Waals surface area contributed by atoms with Gasteiger partial charge in [0.05, 0.1) is 17.2 Å². The Morgan fingerprint density at radius 1 is 1.18 bits per heavy atom. The first-order chi connectivity index (χ1) is 18.7. The van der Waals surface area contributed by atoms with Crippen molar-refractivity contribution in [2.24, 2.45) is 0 Å². The second kappa shape index (κ2) is 9.41. The van der Waals surface area contributed by atoms with Crippen molar-refractivity contribution in [2.75, 3.05) is 11.9 Å². The van der Waals surface area contributed by atoms with Gasteiger partial charge in [-0.15, -0.1) is 0 Å². The van der Waals surface area contributed by atoms with Crippen molar-refractivity contribution in [2.45, 2.75) is 57.8 Å². The fourth-order valence-corrected chi connectivity index (χ4v) is 4.82. The molecule has 1 aliphatic heterocycles. The van der Waals surface area contributed by atoms with Crippen LogP contribution >= 0.6 is 0 Å². The third kappa shape index (κ3) is 4.90. The van der Waals surface area contributed by atoms with Crippen LogP contribution in [-0.2, 0) is 23.9 Å². The highest BCUT2D eigenvalue weighted by molar-refractivity contribution is 5.77. The number of rotatable bonds is 5. The van der Waals surface area contributed by atoms with E-state index in [9.17, 15) is 23.2 Å². The molecule has 1 aliphatic rings. The van der Waals surface area contributed by atoms with E-state index in [4.69, 9.17) is 0 Å². The van der Waals surface area contributed by atoms with E-state index in [1.807, 2.05) is 24.3 Å². The summed E-state index contributed by atoms with van der Waals surface area (Å²) >= 11 is 0. The molecule has 0 aliphatic carbocycles. The number of hydrogen-bond acceptors (Lipinski definition) is 7. The minimum Gasteiger partial charge on any atom is -0.324 e. The van der Waals surface area contributed by atoms with E-state index in [0.717, 1.165) is 36.4 Å². The Bertz CT molecular complexity index is 1730. The van der Waals surface area contributed by atoms with E-state index in [2.05, 4.69) is 39.4 Å². The average Bonchev–Trinajstić information content (AvgIpc) is 3.13. The van der Waals surface area contributed by atoms with Gasteiger partial charge in [-0.05, 0) is 76.1 Å². The third-order valence-corrected chi connectivity index (χ3v) is 6.95. The van der Waals surface area contributed by atoms with Crippen molar-refractivity contribution in [1.82, 2.24) is 29.6 Å². The van der Waals surface area contributed by atoms with Crippen LogP contribution in [0.3, 0.4) is 0 Å². The zero-order valence-corrected chi connectivity index (χ0v) is 22.2. The van der Waals surface area contributed by atoms with Crippen LogP contribution in [-0.4, -0.2) is 37.0 Å². The molecule has 0 atom stereocenters. The highest BCUT2D eigenvalue weighted by Crippen LogP contribution is 2.31. The number of nitrogens with zero attached hydrogens (tertiary/aromatic N) is 6. The van der Waals surface area contributed by atoms with E-state index < -0.39 is 35.3 Å². The zero-order valence-electron chi connectivity index (χ0n) is 22.2. The molecule has 0 unspecified atom stereocenters. The van der Waals surface area contributed by atoms with Gasteiger partial charge in [-0.3, -0.25) is 4.79 Å². The van der Waals surface area contributed by atoms with Gasteiger partial charge in [-0.1, -0.05) is 6.07 Å². The maximum atomic E-state index is 15.1. The molecule has 3 aromatic heterocycles. The number of aromatic nitrogens is 5. The van der Waals surface area contributed by atoms with Gasteiger partial charge in [0.1, 0.15) is 11.9 Å². The lowest BCUT2D eigenvalue weighted by molar-refractivity contribution is -0.144. The molecule has 0 saturated heterocycles. The number of anilines is 2. The molecule has 4 aromatic rings. The van der Waals surface area contributed by atoms with Crippen LogP contribution in [0.25, 0.3) is 16.9 Å². The number of pyridine rings is 1. The Labute approximate surface area is 226 Å². The molecule has 0 saturated carbocycles. The van der Waals surface area contributed by atoms with Gasteiger partial charge in [0, 0.05) is 17.4 Å². The topological polar surface area (TPSA) is 113 Å². The minimum absolute atomic E-state index is 0.00697. The standard InChI is InChI=1S/C27H26F4N8O/c1-25(2,13-32)20-8-7-19(28)22(36-20)39-21-17(23(40)38(39)14-27(29,30)31)12-33-24(37-21)35-16-5-6-18-15(11-16)9-10-34-26(18,3)4/h5-8,11-12,34H,9-10,14H2,1-4H3,(H,33,35,37). The lowest BCUT2D eigenvalue weighted by Crippen LogP contribution is -2.42. The lowest BCUT2D eigenvalue weighted by Gasteiger charge is -2.34. The Hall–Kier alpha value is -4.31. The molecular formula is C27H26F4N8O. The van der Waals surface area contributed by atoms with Crippen LogP contribution in [0.1, 0.15) is 44.5 Å². The van der Waals surface area contributed by atoms with Crippen LogP contribution in [0.5, 0.6) is 0 Å². The number of halogens is 4. The fourth-order valence-electron chi connectivity index (χ4n) is 4.82. The van der Waals surface area contributed by atoms with Crippen molar-refractivity contribution in [3.8, 4) is 11.9 Å². The number of alkyl halides is 3. The molecule has 9 nitrogen and oxygen atoms in total.